The monoisotopic (exact) mass is 284 g/mol. The van der Waals surface area contributed by atoms with Gasteiger partial charge in [0, 0.05) is 26.2 Å². The predicted molar refractivity (Wildman–Crippen MR) is 82.4 cm³/mol. The Labute approximate surface area is 123 Å². The van der Waals surface area contributed by atoms with Crippen LogP contribution in [-0.4, -0.2) is 19.1 Å². The molecule has 0 saturated heterocycles. The van der Waals surface area contributed by atoms with Crippen molar-refractivity contribution in [2.45, 2.75) is 25.9 Å². The third-order valence-corrected chi connectivity index (χ3v) is 3.72. The summed E-state index contributed by atoms with van der Waals surface area (Å²) < 4.78 is 4.14. The summed E-state index contributed by atoms with van der Waals surface area (Å²) in [6.45, 7) is 3.01. The first-order chi connectivity index (χ1) is 10.2. The van der Waals surface area contributed by atoms with Crippen LogP contribution in [0, 0.1) is 0 Å². The zero-order valence-electron chi connectivity index (χ0n) is 12.3. The first kappa shape index (κ1) is 13.8. The van der Waals surface area contributed by atoms with E-state index in [4.69, 9.17) is 10.8 Å². The number of hydrogen-bond donors (Lipinski definition) is 2. The van der Waals surface area contributed by atoms with E-state index in [9.17, 15) is 0 Å². The number of imidazole rings is 2. The summed E-state index contributed by atoms with van der Waals surface area (Å²) in [7, 11) is 1.95. The van der Waals surface area contributed by atoms with E-state index in [-0.39, 0.29) is 6.04 Å². The first-order valence-electron chi connectivity index (χ1n) is 7.11. The second-order valence-electron chi connectivity index (χ2n) is 5.15. The number of benzene rings is 1. The molecule has 1 unspecified atom stereocenters. The minimum absolute atomic E-state index is 0.0479. The van der Waals surface area contributed by atoms with Gasteiger partial charge in [-0.3, -0.25) is 11.3 Å². The molecule has 110 valence electrons. The molecular weight excluding hydrogens is 264 g/mol. The van der Waals surface area contributed by atoms with Gasteiger partial charge >= 0.3 is 0 Å². The fourth-order valence-corrected chi connectivity index (χ4v) is 2.68. The third-order valence-electron chi connectivity index (χ3n) is 3.72. The molecule has 2 aromatic heterocycles. The van der Waals surface area contributed by atoms with Crippen molar-refractivity contribution in [2.24, 2.45) is 12.9 Å². The Hall–Kier alpha value is -2.18. The second kappa shape index (κ2) is 5.67. The van der Waals surface area contributed by atoms with Crippen LogP contribution >= 0.6 is 0 Å². The van der Waals surface area contributed by atoms with E-state index in [1.165, 1.54) is 0 Å². The van der Waals surface area contributed by atoms with E-state index in [0.29, 0.717) is 6.42 Å². The normalized spacial score (nSPS) is 12.9. The Morgan fingerprint density at radius 2 is 2.14 bits per heavy atom. The largest absolute Gasteiger partial charge is 0.340 e. The fraction of sp³-hybridized carbons (Fsp3) is 0.333. The lowest BCUT2D eigenvalue weighted by Crippen LogP contribution is -2.30. The van der Waals surface area contributed by atoms with Gasteiger partial charge < -0.3 is 9.13 Å². The van der Waals surface area contributed by atoms with Gasteiger partial charge in [0.25, 0.3) is 0 Å². The Morgan fingerprint density at radius 3 is 2.81 bits per heavy atom. The van der Waals surface area contributed by atoms with Crippen LogP contribution in [0.4, 0.5) is 0 Å². The molecule has 2 heterocycles. The smallest absolute Gasteiger partial charge is 0.111 e. The van der Waals surface area contributed by atoms with Crippen LogP contribution in [0.5, 0.6) is 0 Å². The molecule has 0 aliphatic heterocycles. The van der Waals surface area contributed by atoms with Crippen LogP contribution in [0.1, 0.15) is 24.5 Å². The number of rotatable bonds is 5. The minimum atomic E-state index is -0.0479. The Balaban J connectivity index is 1.96. The molecule has 0 aliphatic rings. The molecule has 0 saturated carbocycles. The minimum Gasteiger partial charge on any atom is -0.340 e. The molecule has 21 heavy (non-hydrogen) atoms. The lowest BCUT2D eigenvalue weighted by molar-refractivity contribution is 0.515. The van der Waals surface area contributed by atoms with Gasteiger partial charge in [0.1, 0.15) is 5.82 Å². The average Bonchev–Trinajstić information content (AvgIpc) is 3.07. The molecule has 1 aromatic carbocycles. The van der Waals surface area contributed by atoms with E-state index in [1.54, 1.807) is 6.33 Å². The number of hydrazine groups is 1. The van der Waals surface area contributed by atoms with Crippen molar-refractivity contribution >= 4 is 11.0 Å². The maximum Gasteiger partial charge on any atom is 0.111 e. The zero-order valence-corrected chi connectivity index (χ0v) is 12.3. The zero-order chi connectivity index (χ0) is 14.8. The molecule has 0 aliphatic carbocycles. The van der Waals surface area contributed by atoms with Crippen molar-refractivity contribution < 1.29 is 0 Å². The van der Waals surface area contributed by atoms with Crippen LogP contribution < -0.4 is 11.3 Å². The molecule has 6 nitrogen and oxygen atoms in total. The molecule has 0 amide bonds. The molecule has 0 spiro atoms. The average molecular weight is 284 g/mol. The van der Waals surface area contributed by atoms with E-state index in [1.807, 2.05) is 36.0 Å². The maximum absolute atomic E-state index is 5.71. The van der Waals surface area contributed by atoms with Crippen molar-refractivity contribution in [1.82, 2.24) is 24.5 Å². The SMILES string of the molecule is CCn1c(CC(NN)c2cn(C)cn2)nc2ccccc21. The number of nitrogens with zero attached hydrogens (tertiary/aromatic N) is 4. The number of fused-ring (bicyclic) bond motifs is 1. The van der Waals surface area contributed by atoms with Gasteiger partial charge in [-0.15, -0.1) is 0 Å². The number of hydrogen-bond acceptors (Lipinski definition) is 4. The molecule has 6 heteroatoms. The second-order valence-corrected chi connectivity index (χ2v) is 5.15. The topological polar surface area (TPSA) is 73.7 Å². The fourth-order valence-electron chi connectivity index (χ4n) is 2.68. The maximum atomic E-state index is 5.71. The highest BCUT2D eigenvalue weighted by molar-refractivity contribution is 5.75. The van der Waals surface area contributed by atoms with Crippen molar-refractivity contribution in [1.29, 1.82) is 0 Å². The van der Waals surface area contributed by atoms with Gasteiger partial charge in [-0.25, -0.2) is 9.97 Å². The molecular formula is C15H20N6. The van der Waals surface area contributed by atoms with Crippen LogP contribution in [0.3, 0.4) is 0 Å². The first-order valence-corrected chi connectivity index (χ1v) is 7.11. The molecule has 1 atom stereocenters. The molecule has 0 bridgehead atoms. The molecule has 0 radical (unpaired) electrons. The van der Waals surface area contributed by atoms with E-state index >= 15 is 0 Å². The van der Waals surface area contributed by atoms with Crippen molar-refractivity contribution in [2.75, 3.05) is 0 Å². The summed E-state index contributed by atoms with van der Waals surface area (Å²) in [5, 5.41) is 0. The summed E-state index contributed by atoms with van der Waals surface area (Å²) in [4.78, 5) is 9.11. The Kier molecular flexibility index (Phi) is 3.72. The molecule has 0 fully saturated rings. The predicted octanol–water partition coefficient (Wildman–Crippen LogP) is 1.54. The Bertz CT molecular complexity index is 742. The molecule has 3 rings (SSSR count). The standard InChI is InChI=1S/C15H20N6/c1-3-21-14-7-5-4-6-11(14)18-15(21)8-12(19-16)13-9-20(2)10-17-13/h4-7,9-10,12,19H,3,8,16H2,1-2H3. The highest BCUT2D eigenvalue weighted by Gasteiger charge is 2.18. The van der Waals surface area contributed by atoms with Gasteiger partial charge in [0.15, 0.2) is 0 Å². The highest BCUT2D eigenvalue weighted by Crippen LogP contribution is 2.20. The number of nitrogens with one attached hydrogen (secondary N) is 1. The summed E-state index contributed by atoms with van der Waals surface area (Å²) >= 11 is 0. The van der Waals surface area contributed by atoms with Crippen LogP contribution in [0.25, 0.3) is 11.0 Å². The summed E-state index contributed by atoms with van der Waals surface area (Å²) in [6, 6.07) is 8.14. The van der Waals surface area contributed by atoms with Gasteiger partial charge in [-0.05, 0) is 19.1 Å². The number of aromatic nitrogens is 4. The van der Waals surface area contributed by atoms with Crippen molar-refractivity contribution in [3.8, 4) is 0 Å². The van der Waals surface area contributed by atoms with E-state index in [2.05, 4.69) is 28.0 Å². The number of para-hydroxylation sites is 2. The van der Waals surface area contributed by atoms with Crippen LogP contribution in [-0.2, 0) is 20.0 Å². The Morgan fingerprint density at radius 1 is 1.33 bits per heavy atom. The van der Waals surface area contributed by atoms with Gasteiger partial charge in [0.2, 0.25) is 0 Å². The van der Waals surface area contributed by atoms with Crippen molar-refractivity contribution in [3.05, 3.63) is 48.3 Å². The molecule has 3 N–H and O–H groups in total. The summed E-state index contributed by atoms with van der Waals surface area (Å²) in [5.74, 6) is 6.73. The van der Waals surface area contributed by atoms with Crippen LogP contribution in [0.2, 0.25) is 0 Å². The van der Waals surface area contributed by atoms with E-state index in [0.717, 1.165) is 29.1 Å². The van der Waals surface area contributed by atoms with Crippen molar-refractivity contribution in [3.63, 3.8) is 0 Å². The highest BCUT2D eigenvalue weighted by atomic mass is 15.2. The lowest BCUT2D eigenvalue weighted by Gasteiger charge is -2.14. The molecule has 3 aromatic rings. The quantitative estimate of drug-likeness (QED) is 0.550. The summed E-state index contributed by atoms with van der Waals surface area (Å²) in [6.07, 6.45) is 4.46. The number of nitrogens with two attached hydrogens (primary N) is 1. The third kappa shape index (κ3) is 2.55. The lowest BCUT2D eigenvalue weighted by atomic mass is 10.1. The van der Waals surface area contributed by atoms with Gasteiger partial charge in [0.05, 0.1) is 29.1 Å². The summed E-state index contributed by atoms with van der Waals surface area (Å²) in [5.41, 5.74) is 5.95. The van der Waals surface area contributed by atoms with Crippen LogP contribution in [0.15, 0.2) is 36.8 Å². The number of aryl methyl sites for hydroxylation is 2. The van der Waals surface area contributed by atoms with E-state index < -0.39 is 0 Å². The van der Waals surface area contributed by atoms with Gasteiger partial charge in [-0.1, -0.05) is 12.1 Å². The van der Waals surface area contributed by atoms with Gasteiger partial charge in [-0.2, -0.15) is 0 Å².